The molecule has 0 spiro atoms. The van der Waals surface area contributed by atoms with Crippen molar-refractivity contribution in [2.24, 2.45) is 0 Å². The van der Waals surface area contributed by atoms with Crippen molar-refractivity contribution in [3.05, 3.63) is 35.5 Å². The Balaban J connectivity index is 1.92. The molecule has 2 aromatic rings. The summed E-state index contributed by atoms with van der Waals surface area (Å²) in [7, 11) is 0. The van der Waals surface area contributed by atoms with Crippen LogP contribution in [0.4, 0.5) is 4.39 Å². The number of nitrogens with zero attached hydrogens (tertiary/aromatic N) is 2. The maximum Gasteiger partial charge on any atom is 0.237 e. The van der Waals surface area contributed by atoms with Gasteiger partial charge in [-0.2, -0.15) is 4.98 Å². The van der Waals surface area contributed by atoms with Gasteiger partial charge in [-0.1, -0.05) is 17.3 Å². The molecule has 19 heavy (non-hydrogen) atoms. The van der Waals surface area contributed by atoms with Crippen molar-refractivity contribution in [1.29, 1.82) is 0 Å². The van der Waals surface area contributed by atoms with Crippen molar-refractivity contribution in [3.8, 4) is 11.4 Å². The van der Waals surface area contributed by atoms with Gasteiger partial charge in [0.2, 0.25) is 11.7 Å². The number of carbonyl (C=O) groups excluding carboxylic acids is 1. The number of Topliss-reactive ketones (excluding diaryl/α,β-unsaturated/α-hetero) is 1. The third-order valence-corrected chi connectivity index (χ3v) is 3.47. The maximum atomic E-state index is 13.5. The van der Waals surface area contributed by atoms with Crippen molar-refractivity contribution in [3.63, 3.8) is 0 Å². The second-order valence-corrected chi connectivity index (χ2v) is 4.83. The van der Waals surface area contributed by atoms with Gasteiger partial charge in [-0.15, -0.1) is 0 Å². The molecule has 0 N–H and O–H groups in total. The third-order valence-electron chi connectivity index (χ3n) is 3.47. The summed E-state index contributed by atoms with van der Waals surface area (Å²) in [6.45, 7) is 1.69. The molecule has 3 rings (SSSR count). The van der Waals surface area contributed by atoms with Crippen LogP contribution >= 0.6 is 0 Å². The highest BCUT2D eigenvalue weighted by Gasteiger charge is 2.31. The van der Waals surface area contributed by atoms with Crippen LogP contribution in [0.15, 0.2) is 22.7 Å². The highest BCUT2D eigenvalue weighted by molar-refractivity contribution is 5.86. The van der Waals surface area contributed by atoms with Gasteiger partial charge in [0.25, 0.3) is 0 Å². The molecule has 0 amide bonds. The number of aromatic nitrogens is 2. The molecule has 1 aromatic carbocycles. The molecule has 1 aromatic heterocycles. The van der Waals surface area contributed by atoms with Crippen LogP contribution < -0.4 is 0 Å². The predicted molar refractivity (Wildman–Crippen MR) is 66.0 cm³/mol. The van der Waals surface area contributed by atoms with Crippen molar-refractivity contribution in [1.82, 2.24) is 10.1 Å². The number of hydrogen-bond donors (Lipinski definition) is 0. The van der Waals surface area contributed by atoms with E-state index in [9.17, 15) is 9.18 Å². The van der Waals surface area contributed by atoms with E-state index in [4.69, 9.17) is 4.52 Å². The lowest BCUT2D eigenvalue weighted by Gasteiger charge is -1.99. The molecule has 0 bridgehead atoms. The largest absolute Gasteiger partial charge is 0.338 e. The lowest BCUT2D eigenvalue weighted by Crippen LogP contribution is -2.04. The van der Waals surface area contributed by atoms with E-state index in [1.165, 1.54) is 6.07 Å². The molecule has 1 unspecified atom stereocenters. The van der Waals surface area contributed by atoms with E-state index in [0.29, 0.717) is 29.3 Å². The fraction of sp³-hybridized carbons (Fsp3) is 0.357. The number of benzene rings is 1. The Morgan fingerprint density at radius 2 is 2.26 bits per heavy atom. The second-order valence-electron chi connectivity index (χ2n) is 4.83. The molecule has 1 fully saturated rings. The quantitative estimate of drug-likeness (QED) is 0.832. The molecular weight excluding hydrogens is 247 g/mol. The SMILES string of the molecule is Cc1ccc(-c2noc(C3CCCC3=O)n2)cc1F. The Morgan fingerprint density at radius 3 is 2.95 bits per heavy atom. The van der Waals surface area contributed by atoms with Crippen LogP contribution in [0.2, 0.25) is 0 Å². The topological polar surface area (TPSA) is 56.0 Å². The van der Waals surface area contributed by atoms with Crippen LogP contribution in [-0.4, -0.2) is 15.9 Å². The molecule has 1 aliphatic rings. The van der Waals surface area contributed by atoms with Gasteiger partial charge in [0, 0.05) is 12.0 Å². The highest BCUT2D eigenvalue weighted by Crippen LogP contribution is 2.31. The normalized spacial score (nSPS) is 19.1. The highest BCUT2D eigenvalue weighted by atomic mass is 19.1. The molecule has 98 valence electrons. The number of hydrogen-bond acceptors (Lipinski definition) is 4. The summed E-state index contributed by atoms with van der Waals surface area (Å²) >= 11 is 0. The van der Waals surface area contributed by atoms with Crippen molar-refractivity contribution in [2.45, 2.75) is 32.1 Å². The van der Waals surface area contributed by atoms with Crippen LogP contribution in [0.3, 0.4) is 0 Å². The first kappa shape index (κ1) is 12.0. The zero-order valence-corrected chi connectivity index (χ0v) is 10.5. The van der Waals surface area contributed by atoms with Crippen LogP contribution in [0, 0.1) is 12.7 Å². The Bertz CT molecular complexity index is 636. The van der Waals surface area contributed by atoms with E-state index < -0.39 is 0 Å². The zero-order chi connectivity index (χ0) is 13.4. The Hall–Kier alpha value is -2.04. The number of aryl methyl sites for hydroxylation is 1. The molecule has 5 heteroatoms. The van der Waals surface area contributed by atoms with Crippen LogP contribution in [0.25, 0.3) is 11.4 Å². The summed E-state index contributed by atoms with van der Waals surface area (Å²) in [6, 6.07) is 4.78. The minimum atomic E-state index is -0.305. The molecular formula is C14H13FN2O2. The molecule has 1 aliphatic carbocycles. The van der Waals surface area contributed by atoms with E-state index >= 15 is 0 Å². The summed E-state index contributed by atoms with van der Waals surface area (Å²) in [5, 5.41) is 3.83. The molecule has 0 saturated heterocycles. The Morgan fingerprint density at radius 1 is 1.42 bits per heavy atom. The monoisotopic (exact) mass is 260 g/mol. The second kappa shape index (κ2) is 4.57. The molecule has 0 radical (unpaired) electrons. The van der Waals surface area contributed by atoms with Gasteiger partial charge in [-0.3, -0.25) is 4.79 Å². The fourth-order valence-corrected chi connectivity index (χ4v) is 2.30. The Kier molecular flexibility index (Phi) is 2.89. The van der Waals surface area contributed by atoms with Crippen LogP contribution in [0.5, 0.6) is 0 Å². The van der Waals surface area contributed by atoms with Crippen molar-refractivity contribution < 1.29 is 13.7 Å². The van der Waals surface area contributed by atoms with Crippen LogP contribution in [0.1, 0.15) is 36.6 Å². The zero-order valence-electron chi connectivity index (χ0n) is 10.5. The standard InChI is InChI=1S/C14H13FN2O2/c1-8-5-6-9(7-11(8)15)13-16-14(19-17-13)10-3-2-4-12(10)18/h5-7,10H,2-4H2,1H3. The summed E-state index contributed by atoms with van der Waals surface area (Å²) in [4.78, 5) is 15.8. The van der Waals surface area contributed by atoms with Gasteiger partial charge in [-0.25, -0.2) is 4.39 Å². The van der Waals surface area contributed by atoms with E-state index in [0.717, 1.165) is 12.8 Å². The van der Waals surface area contributed by atoms with Gasteiger partial charge >= 0.3 is 0 Å². The average Bonchev–Trinajstić information content (AvgIpc) is 3.01. The van der Waals surface area contributed by atoms with Crippen molar-refractivity contribution in [2.75, 3.05) is 0 Å². The molecule has 1 heterocycles. The minimum Gasteiger partial charge on any atom is -0.338 e. The van der Waals surface area contributed by atoms with Gasteiger partial charge in [0.05, 0.1) is 5.92 Å². The summed E-state index contributed by atoms with van der Waals surface area (Å²) < 4.78 is 18.6. The van der Waals surface area contributed by atoms with Gasteiger partial charge in [-0.05, 0) is 31.4 Å². The number of carbonyl (C=O) groups is 1. The minimum absolute atomic E-state index is 0.144. The lowest BCUT2D eigenvalue weighted by atomic mass is 10.1. The van der Waals surface area contributed by atoms with Crippen LogP contribution in [-0.2, 0) is 4.79 Å². The van der Waals surface area contributed by atoms with Gasteiger partial charge in [0.1, 0.15) is 11.6 Å². The molecule has 1 saturated carbocycles. The van der Waals surface area contributed by atoms with Gasteiger partial charge < -0.3 is 4.52 Å². The van der Waals surface area contributed by atoms with E-state index in [2.05, 4.69) is 10.1 Å². The lowest BCUT2D eigenvalue weighted by molar-refractivity contribution is -0.119. The number of rotatable bonds is 2. The number of ketones is 1. The summed E-state index contributed by atoms with van der Waals surface area (Å²) in [5.41, 5.74) is 1.13. The predicted octanol–water partition coefficient (Wildman–Crippen LogP) is 3.02. The maximum absolute atomic E-state index is 13.5. The fourth-order valence-electron chi connectivity index (χ4n) is 2.30. The Labute approximate surface area is 109 Å². The smallest absolute Gasteiger partial charge is 0.237 e. The van der Waals surface area contributed by atoms with E-state index in [-0.39, 0.29) is 17.5 Å². The molecule has 1 atom stereocenters. The van der Waals surface area contributed by atoms with E-state index in [1.54, 1.807) is 19.1 Å². The van der Waals surface area contributed by atoms with Gasteiger partial charge in [0.15, 0.2) is 0 Å². The van der Waals surface area contributed by atoms with Crippen molar-refractivity contribution >= 4 is 5.78 Å². The third kappa shape index (κ3) is 2.16. The summed E-state index contributed by atoms with van der Waals surface area (Å²) in [6.07, 6.45) is 2.19. The first-order chi connectivity index (χ1) is 9.15. The first-order valence-corrected chi connectivity index (χ1v) is 6.28. The number of halogens is 1. The summed E-state index contributed by atoms with van der Waals surface area (Å²) in [5.74, 6) is 0.231. The average molecular weight is 260 g/mol. The molecule has 0 aliphatic heterocycles. The molecule has 4 nitrogen and oxygen atoms in total. The first-order valence-electron chi connectivity index (χ1n) is 6.28. The van der Waals surface area contributed by atoms with E-state index in [1.807, 2.05) is 0 Å².